The first kappa shape index (κ1) is 30.3. The second-order valence-electron chi connectivity index (χ2n) is 8.57. The van der Waals surface area contributed by atoms with E-state index in [0.29, 0.717) is 12.0 Å². The van der Waals surface area contributed by atoms with Crippen LogP contribution in [-0.2, 0) is 30.4 Å². The normalized spacial score (nSPS) is 15.9. The summed E-state index contributed by atoms with van der Waals surface area (Å²) in [5.41, 5.74) is 6.49. The Labute approximate surface area is 208 Å². The zero-order valence-corrected chi connectivity index (χ0v) is 20.3. The van der Waals surface area contributed by atoms with Gasteiger partial charge in [-0.15, -0.1) is 0 Å². The molecule has 13 heteroatoms. The number of phenolic OH excluding ortho intramolecular Hbond substituents is 1. The summed E-state index contributed by atoms with van der Waals surface area (Å²) in [6.45, 7) is 4.71. The molecular formula is C23H34N4O9. The van der Waals surface area contributed by atoms with Crippen molar-refractivity contribution in [2.45, 2.75) is 70.3 Å². The number of nitrogens with one attached hydrogen (secondary N) is 3. The number of nitrogens with two attached hydrogens (primary N) is 1. The number of aliphatic hydroxyl groups excluding tert-OH is 1. The molecule has 0 saturated carbocycles. The van der Waals surface area contributed by atoms with E-state index in [1.165, 1.54) is 24.3 Å². The van der Waals surface area contributed by atoms with Crippen molar-refractivity contribution in [3.8, 4) is 5.75 Å². The van der Waals surface area contributed by atoms with Gasteiger partial charge in [0, 0.05) is 6.42 Å². The third-order valence-electron chi connectivity index (χ3n) is 5.63. The van der Waals surface area contributed by atoms with Crippen LogP contribution in [0.1, 0.15) is 39.2 Å². The predicted octanol–water partition coefficient (Wildman–Crippen LogP) is -1.30. The number of carboxylic acid groups (broad SMARTS) is 2. The van der Waals surface area contributed by atoms with Gasteiger partial charge >= 0.3 is 11.9 Å². The summed E-state index contributed by atoms with van der Waals surface area (Å²) in [5.74, 6) is -5.95. The lowest BCUT2D eigenvalue weighted by molar-refractivity contribution is -0.146. The Bertz CT molecular complexity index is 936. The maximum absolute atomic E-state index is 13.1. The molecule has 0 radical (unpaired) electrons. The van der Waals surface area contributed by atoms with Crippen molar-refractivity contribution < 1.29 is 44.4 Å². The molecule has 0 fully saturated rings. The first-order chi connectivity index (χ1) is 16.8. The molecule has 13 nitrogen and oxygen atoms in total. The molecule has 0 aromatic heterocycles. The minimum Gasteiger partial charge on any atom is -0.508 e. The van der Waals surface area contributed by atoms with Crippen LogP contribution in [0.2, 0.25) is 0 Å². The van der Waals surface area contributed by atoms with Gasteiger partial charge in [0.2, 0.25) is 17.7 Å². The standard InChI is InChI=1S/C23H34N4O9/c1-4-11(2)18(24)22(34)26-15(9-13-5-7-14(29)8-6-13)20(32)25-16(10-17(30)31)21(33)27-19(12(3)28)23(35)36/h5-8,11-12,15-16,18-19,28-29H,4,9-10,24H2,1-3H3,(H,25,32)(H,26,34)(H,27,33)(H,30,31)(H,35,36). The Morgan fingerprint density at radius 2 is 1.42 bits per heavy atom. The molecule has 9 N–H and O–H groups in total. The Kier molecular flexibility index (Phi) is 11.8. The van der Waals surface area contributed by atoms with Gasteiger partial charge in [0.05, 0.1) is 18.6 Å². The fraction of sp³-hybridized carbons (Fsp3) is 0.522. The van der Waals surface area contributed by atoms with Gasteiger partial charge < -0.3 is 42.1 Å². The van der Waals surface area contributed by atoms with Gasteiger partial charge in [-0.1, -0.05) is 32.4 Å². The lowest BCUT2D eigenvalue weighted by Gasteiger charge is -2.26. The molecule has 0 spiro atoms. The second-order valence-corrected chi connectivity index (χ2v) is 8.57. The van der Waals surface area contributed by atoms with Gasteiger partial charge in [-0.05, 0) is 30.5 Å². The zero-order chi connectivity index (χ0) is 27.6. The minimum atomic E-state index is -1.74. The van der Waals surface area contributed by atoms with E-state index in [9.17, 15) is 44.4 Å². The van der Waals surface area contributed by atoms with E-state index in [0.717, 1.165) is 6.92 Å². The largest absolute Gasteiger partial charge is 0.508 e. The molecule has 1 aromatic carbocycles. The number of rotatable bonds is 14. The Morgan fingerprint density at radius 3 is 1.89 bits per heavy atom. The molecule has 1 aromatic rings. The molecule has 0 aliphatic rings. The highest BCUT2D eigenvalue weighted by atomic mass is 16.4. The van der Waals surface area contributed by atoms with Crippen LogP contribution >= 0.6 is 0 Å². The van der Waals surface area contributed by atoms with Crippen molar-refractivity contribution in [3.63, 3.8) is 0 Å². The fourth-order valence-electron chi connectivity index (χ4n) is 3.16. The number of hydrogen-bond acceptors (Lipinski definition) is 8. The highest BCUT2D eigenvalue weighted by molar-refractivity contribution is 5.95. The quantitative estimate of drug-likeness (QED) is 0.147. The number of aliphatic carboxylic acids is 2. The van der Waals surface area contributed by atoms with Gasteiger partial charge in [-0.3, -0.25) is 19.2 Å². The van der Waals surface area contributed by atoms with Crippen LogP contribution in [0.15, 0.2) is 24.3 Å². The highest BCUT2D eigenvalue weighted by Gasteiger charge is 2.33. The number of phenols is 1. The van der Waals surface area contributed by atoms with Crippen molar-refractivity contribution in [1.29, 1.82) is 0 Å². The second kappa shape index (κ2) is 14.0. The van der Waals surface area contributed by atoms with Crippen molar-refractivity contribution in [2.24, 2.45) is 11.7 Å². The van der Waals surface area contributed by atoms with Crippen LogP contribution in [0.5, 0.6) is 5.75 Å². The summed E-state index contributed by atoms with van der Waals surface area (Å²) in [6, 6.07) is 0.0960. The summed E-state index contributed by atoms with van der Waals surface area (Å²) in [4.78, 5) is 61.0. The molecule has 1 rings (SSSR count). The number of aliphatic hydroxyl groups is 1. The third kappa shape index (κ3) is 9.50. The molecule has 0 aliphatic carbocycles. The molecule has 0 bridgehead atoms. The van der Waals surface area contributed by atoms with Gasteiger partial charge in [-0.2, -0.15) is 0 Å². The van der Waals surface area contributed by atoms with E-state index in [1.807, 2.05) is 12.2 Å². The van der Waals surface area contributed by atoms with Gasteiger partial charge in [-0.25, -0.2) is 4.79 Å². The van der Waals surface area contributed by atoms with Gasteiger partial charge in [0.25, 0.3) is 0 Å². The lowest BCUT2D eigenvalue weighted by atomic mass is 9.98. The van der Waals surface area contributed by atoms with E-state index >= 15 is 0 Å². The molecule has 0 aliphatic heterocycles. The number of carbonyl (C=O) groups excluding carboxylic acids is 3. The highest BCUT2D eigenvalue weighted by Crippen LogP contribution is 2.13. The number of hydrogen-bond donors (Lipinski definition) is 8. The van der Waals surface area contributed by atoms with E-state index in [1.54, 1.807) is 6.92 Å². The number of aromatic hydroxyl groups is 1. The van der Waals surface area contributed by atoms with Gasteiger partial charge in [0.15, 0.2) is 6.04 Å². The monoisotopic (exact) mass is 510 g/mol. The zero-order valence-electron chi connectivity index (χ0n) is 20.3. The van der Waals surface area contributed by atoms with E-state index in [-0.39, 0.29) is 18.1 Å². The van der Waals surface area contributed by atoms with Gasteiger partial charge in [0.1, 0.15) is 17.8 Å². The smallest absolute Gasteiger partial charge is 0.328 e. The SMILES string of the molecule is CCC(C)C(N)C(=O)NC(Cc1ccc(O)cc1)C(=O)NC(CC(=O)O)C(=O)NC(C(=O)O)C(C)O. The first-order valence-corrected chi connectivity index (χ1v) is 11.3. The first-order valence-electron chi connectivity index (χ1n) is 11.3. The Morgan fingerprint density at radius 1 is 0.889 bits per heavy atom. The topological polar surface area (TPSA) is 228 Å². The Balaban J connectivity index is 3.17. The van der Waals surface area contributed by atoms with Crippen LogP contribution in [0.4, 0.5) is 0 Å². The van der Waals surface area contributed by atoms with Crippen LogP contribution in [0.25, 0.3) is 0 Å². The summed E-state index contributed by atoms with van der Waals surface area (Å²) in [5, 5.41) is 44.2. The summed E-state index contributed by atoms with van der Waals surface area (Å²) >= 11 is 0. The van der Waals surface area contributed by atoms with Crippen molar-refractivity contribution in [1.82, 2.24) is 16.0 Å². The van der Waals surface area contributed by atoms with Crippen LogP contribution in [0, 0.1) is 5.92 Å². The van der Waals surface area contributed by atoms with Crippen molar-refractivity contribution in [3.05, 3.63) is 29.8 Å². The predicted molar refractivity (Wildman–Crippen MR) is 127 cm³/mol. The number of benzene rings is 1. The van der Waals surface area contributed by atoms with Crippen LogP contribution in [0.3, 0.4) is 0 Å². The molecule has 0 heterocycles. The molecule has 36 heavy (non-hydrogen) atoms. The number of carboxylic acids is 2. The molecule has 200 valence electrons. The number of carbonyl (C=O) groups is 5. The fourth-order valence-corrected chi connectivity index (χ4v) is 3.16. The van der Waals surface area contributed by atoms with Crippen LogP contribution in [-0.4, -0.2) is 80.4 Å². The van der Waals surface area contributed by atoms with Crippen molar-refractivity contribution >= 4 is 29.7 Å². The molecule has 0 saturated heterocycles. The van der Waals surface area contributed by atoms with E-state index < -0.39 is 66.4 Å². The van der Waals surface area contributed by atoms with Crippen molar-refractivity contribution in [2.75, 3.05) is 0 Å². The lowest BCUT2D eigenvalue weighted by Crippen LogP contribution is -2.59. The summed E-state index contributed by atoms with van der Waals surface area (Å²) < 4.78 is 0. The molecule has 6 unspecified atom stereocenters. The Hall–Kier alpha value is -3.71. The molecule has 6 atom stereocenters. The van der Waals surface area contributed by atoms with E-state index in [2.05, 4.69) is 10.6 Å². The third-order valence-corrected chi connectivity index (χ3v) is 5.63. The number of amides is 3. The van der Waals surface area contributed by atoms with E-state index in [4.69, 9.17) is 5.73 Å². The average Bonchev–Trinajstić information content (AvgIpc) is 2.80. The molecular weight excluding hydrogens is 476 g/mol. The summed E-state index contributed by atoms with van der Waals surface area (Å²) in [7, 11) is 0. The summed E-state index contributed by atoms with van der Waals surface area (Å²) in [6.07, 6.45) is -1.89. The molecule has 3 amide bonds. The maximum Gasteiger partial charge on any atom is 0.328 e. The average molecular weight is 511 g/mol. The van der Waals surface area contributed by atoms with Crippen LogP contribution < -0.4 is 21.7 Å². The maximum atomic E-state index is 13.1. The minimum absolute atomic E-state index is 0.0214.